The number of aryl methyl sites for hydroxylation is 1. The average molecular weight is 662 g/mol. The number of fused-ring (bicyclic) bond motifs is 3. The standard InChI is InChI=1S/C41H43NO7/c1-23(43)49-28(12-8-25-11-15-37(45)39(17-25)47-2)19-27(44)20-32-29-13-9-24-10-14-30(31(29)16-24)41(34-21-38(46)40(48-3)22-33(32)34)36-18-26-6-4-5-7-35(26)42-36/h4-7,10-11,14-15,17-18,21-22,24,28-29,31-32,42,45-46H,8-9,12-13,16,19-20H2,1-3H3/t24-,28-,29-,31+,32-/m1/s1. The van der Waals surface area contributed by atoms with Crippen LogP contribution in [0, 0.1) is 17.8 Å². The maximum atomic E-state index is 14.1. The number of phenols is 2. The zero-order chi connectivity index (χ0) is 34.2. The van der Waals surface area contributed by atoms with Crippen LogP contribution in [0.5, 0.6) is 23.0 Å². The summed E-state index contributed by atoms with van der Waals surface area (Å²) < 4.78 is 16.6. The molecule has 0 radical (unpaired) electrons. The fourth-order valence-corrected chi connectivity index (χ4v) is 8.52. The molecule has 0 saturated heterocycles. The van der Waals surface area contributed by atoms with Crippen molar-refractivity contribution in [2.24, 2.45) is 17.8 Å². The number of para-hydroxylation sites is 1. The second-order valence-electron chi connectivity index (χ2n) is 13.7. The van der Waals surface area contributed by atoms with Crippen LogP contribution in [0.4, 0.5) is 0 Å². The summed E-state index contributed by atoms with van der Waals surface area (Å²) in [6.07, 6.45) is 8.50. The normalized spacial score (nSPS) is 21.5. The molecule has 3 N–H and O–H groups in total. The lowest BCUT2D eigenvalue weighted by atomic mass is 9.62. The first kappa shape index (κ1) is 32.6. The number of hydrogen-bond donors (Lipinski definition) is 3. The Kier molecular flexibility index (Phi) is 8.97. The molecule has 49 heavy (non-hydrogen) atoms. The van der Waals surface area contributed by atoms with E-state index in [2.05, 4.69) is 35.3 Å². The number of aromatic amines is 1. The lowest BCUT2D eigenvalue weighted by Gasteiger charge is -2.42. The zero-order valence-corrected chi connectivity index (χ0v) is 28.2. The fraction of sp³-hybridized carbons (Fsp3) is 0.366. The third kappa shape index (κ3) is 6.44. The molecule has 0 aliphatic heterocycles. The summed E-state index contributed by atoms with van der Waals surface area (Å²) in [6.45, 7) is 1.37. The van der Waals surface area contributed by atoms with Gasteiger partial charge in [-0.3, -0.25) is 9.59 Å². The monoisotopic (exact) mass is 661 g/mol. The molecule has 3 aliphatic carbocycles. The molecule has 3 aliphatic rings. The van der Waals surface area contributed by atoms with Gasteiger partial charge < -0.3 is 29.4 Å². The number of carbonyl (C=O) groups is 2. The summed E-state index contributed by atoms with van der Waals surface area (Å²) in [7, 11) is 3.05. The number of H-pyrrole nitrogens is 1. The van der Waals surface area contributed by atoms with Crippen LogP contribution in [-0.2, 0) is 20.7 Å². The van der Waals surface area contributed by atoms with Crippen LogP contribution in [-0.4, -0.2) is 47.3 Å². The van der Waals surface area contributed by atoms with E-state index in [0.29, 0.717) is 30.3 Å². The van der Waals surface area contributed by atoms with E-state index in [1.165, 1.54) is 19.6 Å². The second-order valence-corrected chi connectivity index (χ2v) is 13.7. The lowest BCUT2D eigenvalue weighted by Crippen LogP contribution is -2.32. The number of carbonyl (C=O) groups excluding carboxylic acids is 2. The Balaban J connectivity index is 1.24. The third-order valence-electron chi connectivity index (χ3n) is 10.8. The predicted octanol–water partition coefficient (Wildman–Crippen LogP) is 8.01. The molecule has 1 fully saturated rings. The van der Waals surface area contributed by atoms with Gasteiger partial charge in [-0.2, -0.15) is 0 Å². The van der Waals surface area contributed by atoms with Gasteiger partial charge in [0.2, 0.25) is 0 Å². The van der Waals surface area contributed by atoms with Crippen LogP contribution in [0.25, 0.3) is 16.5 Å². The Hall–Kier alpha value is -4.98. The van der Waals surface area contributed by atoms with Gasteiger partial charge in [-0.05, 0) is 114 Å². The summed E-state index contributed by atoms with van der Waals surface area (Å²) in [5, 5.41) is 22.3. The number of aromatic hydroxyl groups is 2. The number of allylic oxidation sites excluding steroid dienone is 3. The molecule has 8 nitrogen and oxygen atoms in total. The number of benzene rings is 3. The Morgan fingerprint density at radius 3 is 2.53 bits per heavy atom. The first-order chi connectivity index (χ1) is 23.7. The molecule has 1 saturated carbocycles. The van der Waals surface area contributed by atoms with E-state index >= 15 is 0 Å². The molecular weight excluding hydrogens is 618 g/mol. The van der Waals surface area contributed by atoms with E-state index in [9.17, 15) is 19.8 Å². The number of aromatic nitrogens is 1. The van der Waals surface area contributed by atoms with Crippen LogP contribution < -0.4 is 9.47 Å². The van der Waals surface area contributed by atoms with Crippen molar-refractivity contribution in [2.45, 2.75) is 63.9 Å². The molecule has 0 amide bonds. The van der Waals surface area contributed by atoms with Crippen LogP contribution >= 0.6 is 0 Å². The molecule has 4 aromatic rings. The van der Waals surface area contributed by atoms with E-state index in [0.717, 1.165) is 58.1 Å². The lowest BCUT2D eigenvalue weighted by molar-refractivity contribution is -0.147. The van der Waals surface area contributed by atoms with Crippen molar-refractivity contribution >= 4 is 28.2 Å². The van der Waals surface area contributed by atoms with Gasteiger partial charge in [-0.1, -0.05) is 36.4 Å². The molecule has 254 valence electrons. The van der Waals surface area contributed by atoms with E-state index in [4.69, 9.17) is 14.2 Å². The van der Waals surface area contributed by atoms with Gasteiger partial charge in [-0.15, -0.1) is 0 Å². The molecule has 5 atom stereocenters. The van der Waals surface area contributed by atoms with Crippen molar-refractivity contribution in [3.05, 3.63) is 101 Å². The number of rotatable bonds is 11. The fourth-order valence-electron chi connectivity index (χ4n) is 8.52. The number of ether oxygens (including phenoxy) is 3. The number of nitrogens with one attached hydrogen (secondary N) is 1. The van der Waals surface area contributed by atoms with E-state index < -0.39 is 12.1 Å². The summed E-state index contributed by atoms with van der Waals surface area (Å²) in [4.78, 5) is 30.0. The van der Waals surface area contributed by atoms with Crippen molar-refractivity contribution in [1.82, 2.24) is 4.98 Å². The van der Waals surface area contributed by atoms with Crippen molar-refractivity contribution in [3.63, 3.8) is 0 Å². The SMILES string of the molecule is COc1cc(CC[C@H](CC(=O)C[C@H]2c3cc(OC)c(O)cc3C(c3cc4ccccc4[nH]3)=C3C=C[C@H]4CC[C@@H]2[C@@H]3C4)OC(C)=O)ccc1O. The summed E-state index contributed by atoms with van der Waals surface area (Å²) in [5.74, 6) is 1.32. The third-order valence-corrected chi connectivity index (χ3v) is 10.8. The summed E-state index contributed by atoms with van der Waals surface area (Å²) >= 11 is 0. The minimum atomic E-state index is -0.589. The first-order valence-electron chi connectivity index (χ1n) is 17.2. The van der Waals surface area contributed by atoms with E-state index in [1.807, 2.05) is 24.3 Å². The Morgan fingerprint density at radius 2 is 1.76 bits per heavy atom. The van der Waals surface area contributed by atoms with Crippen LogP contribution in [0.1, 0.15) is 73.8 Å². The topological polar surface area (TPSA) is 118 Å². The molecule has 7 rings (SSSR count). The van der Waals surface area contributed by atoms with Crippen LogP contribution in [0.2, 0.25) is 0 Å². The minimum Gasteiger partial charge on any atom is -0.504 e. The minimum absolute atomic E-state index is 0.0293. The van der Waals surface area contributed by atoms with Crippen molar-refractivity contribution in [1.29, 1.82) is 0 Å². The quantitative estimate of drug-likeness (QED) is 0.139. The molecule has 1 heterocycles. The van der Waals surface area contributed by atoms with Gasteiger partial charge in [0, 0.05) is 41.9 Å². The Morgan fingerprint density at radius 1 is 0.959 bits per heavy atom. The van der Waals surface area contributed by atoms with E-state index in [-0.39, 0.29) is 47.9 Å². The van der Waals surface area contributed by atoms with Crippen molar-refractivity contribution < 1.29 is 34.0 Å². The molecule has 1 aromatic heterocycles. The number of esters is 1. The van der Waals surface area contributed by atoms with Gasteiger partial charge >= 0.3 is 5.97 Å². The number of Topliss-reactive ketones (excluding diaryl/α,β-unsaturated/α-hetero) is 1. The highest BCUT2D eigenvalue weighted by atomic mass is 16.5. The Bertz CT molecular complexity index is 1940. The van der Waals surface area contributed by atoms with Gasteiger partial charge in [0.25, 0.3) is 0 Å². The van der Waals surface area contributed by atoms with Crippen LogP contribution in [0.15, 0.2) is 78.4 Å². The number of hydrogen-bond acceptors (Lipinski definition) is 7. The maximum Gasteiger partial charge on any atom is 0.302 e. The smallest absolute Gasteiger partial charge is 0.302 e. The average Bonchev–Trinajstić information content (AvgIpc) is 3.47. The van der Waals surface area contributed by atoms with Crippen molar-refractivity contribution in [2.75, 3.05) is 14.2 Å². The number of phenolic OH excluding ortho intramolecular Hbond substituents is 2. The zero-order valence-electron chi connectivity index (χ0n) is 28.2. The Labute approximate surface area is 286 Å². The molecule has 0 unspecified atom stereocenters. The largest absolute Gasteiger partial charge is 0.504 e. The van der Waals surface area contributed by atoms with Crippen LogP contribution in [0.3, 0.4) is 0 Å². The van der Waals surface area contributed by atoms with Gasteiger partial charge in [0.05, 0.1) is 14.2 Å². The number of methoxy groups -OCH3 is 2. The second kappa shape index (κ2) is 13.5. The van der Waals surface area contributed by atoms with Crippen molar-refractivity contribution in [3.8, 4) is 23.0 Å². The highest BCUT2D eigenvalue weighted by Crippen LogP contribution is 2.56. The van der Waals surface area contributed by atoms with Gasteiger partial charge in [0.1, 0.15) is 11.9 Å². The highest BCUT2D eigenvalue weighted by molar-refractivity contribution is 5.93. The molecule has 8 heteroatoms. The summed E-state index contributed by atoms with van der Waals surface area (Å²) in [6, 6.07) is 19.3. The molecule has 2 bridgehead atoms. The highest BCUT2D eigenvalue weighted by Gasteiger charge is 2.44. The van der Waals surface area contributed by atoms with E-state index in [1.54, 1.807) is 25.3 Å². The summed E-state index contributed by atoms with van der Waals surface area (Å²) in [5.41, 5.74) is 7.16. The molecule has 0 spiro atoms. The molecule has 3 aromatic carbocycles. The van der Waals surface area contributed by atoms with Gasteiger partial charge in [-0.25, -0.2) is 0 Å². The first-order valence-corrected chi connectivity index (χ1v) is 17.2. The number of ketones is 1. The maximum absolute atomic E-state index is 14.1. The predicted molar refractivity (Wildman–Crippen MR) is 188 cm³/mol. The van der Waals surface area contributed by atoms with Gasteiger partial charge in [0.15, 0.2) is 23.0 Å². The molecular formula is C41H43NO7.